The number of nitrogens with zero attached hydrogens (tertiary/aromatic N) is 1. The fraction of sp³-hybridized carbons (Fsp3) is 0.129. The van der Waals surface area contributed by atoms with E-state index in [4.69, 9.17) is 34.8 Å². The van der Waals surface area contributed by atoms with Crippen LogP contribution in [0, 0.1) is 5.41 Å². The number of halogens is 3. The van der Waals surface area contributed by atoms with E-state index in [1.807, 2.05) is 40.6 Å². The lowest BCUT2D eigenvalue weighted by molar-refractivity contribution is 0.0666. The molecule has 0 radical (unpaired) electrons. The van der Waals surface area contributed by atoms with Gasteiger partial charge in [0.05, 0.1) is 10.9 Å². The number of hydrogen-bond acceptors (Lipinski definition) is 5. The molecule has 3 aromatic carbocycles. The molecule has 192 valence electrons. The number of carbonyl (C=O) groups is 3. The number of ketones is 3. The summed E-state index contributed by atoms with van der Waals surface area (Å²) < 4.78 is 0. The van der Waals surface area contributed by atoms with Gasteiger partial charge in [0, 0.05) is 37.8 Å². The molecule has 0 N–H and O–H groups in total. The molecule has 1 unspecified atom stereocenters. The number of Topliss-reactive ketones (excluding diaryl/α,β-unsaturated/α-hetero) is 3. The van der Waals surface area contributed by atoms with Gasteiger partial charge in [-0.15, -0.1) is 11.3 Å². The van der Waals surface area contributed by atoms with E-state index in [2.05, 4.69) is 0 Å². The highest BCUT2D eigenvalue weighted by atomic mass is 35.5. The molecule has 3 aliphatic rings. The molecule has 1 saturated heterocycles. The fourth-order valence-electron chi connectivity index (χ4n) is 6.61. The largest absolute Gasteiger partial charge is 0.352 e. The van der Waals surface area contributed by atoms with E-state index >= 15 is 0 Å². The number of anilines is 1. The third-order valence-corrected chi connectivity index (χ3v) is 9.78. The van der Waals surface area contributed by atoms with Gasteiger partial charge >= 0.3 is 0 Å². The highest BCUT2D eigenvalue weighted by Crippen LogP contribution is 2.61. The molecule has 1 fully saturated rings. The highest BCUT2D eigenvalue weighted by Gasteiger charge is 2.71. The molecule has 8 heteroatoms. The van der Waals surface area contributed by atoms with Crippen LogP contribution in [-0.2, 0) is 0 Å². The van der Waals surface area contributed by atoms with E-state index in [1.165, 1.54) is 11.3 Å². The first-order valence-electron chi connectivity index (χ1n) is 12.3. The van der Waals surface area contributed by atoms with Gasteiger partial charge in [-0.1, -0.05) is 83.4 Å². The number of hydrogen-bond donors (Lipinski definition) is 0. The van der Waals surface area contributed by atoms with Gasteiger partial charge in [0.1, 0.15) is 11.5 Å². The maximum atomic E-state index is 14.6. The van der Waals surface area contributed by atoms with Gasteiger partial charge in [-0.25, -0.2) is 0 Å². The first-order valence-corrected chi connectivity index (χ1v) is 14.3. The Bertz CT molecular complexity index is 1710. The Morgan fingerprint density at radius 3 is 2.21 bits per heavy atom. The van der Waals surface area contributed by atoms with Gasteiger partial charge in [0.25, 0.3) is 0 Å². The zero-order valence-corrected chi connectivity index (χ0v) is 23.2. The Morgan fingerprint density at radius 1 is 0.846 bits per heavy atom. The minimum Gasteiger partial charge on any atom is -0.352 e. The number of benzene rings is 3. The van der Waals surface area contributed by atoms with Gasteiger partial charge in [0.2, 0.25) is 0 Å². The van der Waals surface area contributed by atoms with Crippen molar-refractivity contribution in [1.29, 1.82) is 0 Å². The second-order valence-electron chi connectivity index (χ2n) is 9.92. The minimum absolute atomic E-state index is 0.185. The van der Waals surface area contributed by atoms with Crippen molar-refractivity contribution in [2.24, 2.45) is 5.41 Å². The van der Waals surface area contributed by atoms with Crippen molar-refractivity contribution in [3.63, 3.8) is 0 Å². The average Bonchev–Trinajstić information content (AvgIpc) is 3.62. The Balaban J connectivity index is 1.58. The number of thiophene rings is 1. The number of fused-ring (bicyclic) bond motifs is 5. The van der Waals surface area contributed by atoms with Crippen LogP contribution in [0.3, 0.4) is 0 Å². The van der Waals surface area contributed by atoms with Crippen LogP contribution in [0.4, 0.5) is 5.69 Å². The predicted octanol–water partition coefficient (Wildman–Crippen LogP) is 8.02. The number of carbonyl (C=O) groups excluding carboxylic acids is 3. The van der Waals surface area contributed by atoms with Crippen LogP contribution >= 0.6 is 46.1 Å². The van der Waals surface area contributed by atoms with Crippen LogP contribution in [0.25, 0.3) is 6.08 Å². The molecular formula is C31H18Cl3NO3S. The summed E-state index contributed by atoms with van der Waals surface area (Å²) in [6.45, 7) is 0. The topological polar surface area (TPSA) is 54.5 Å². The minimum atomic E-state index is -1.62. The van der Waals surface area contributed by atoms with Gasteiger partial charge in [-0.2, -0.15) is 0 Å². The zero-order chi connectivity index (χ0) is 27.1. The van der Waals surface area contributed by atoms with Crippen molar-refractivity contribution in [3.05, 3.63) is 126 Å². The summed E-state index contributed by atoms with van der Waals surface area (Å²) in [6, 6.07) is 19.3. The molecule has 3 heterocycles. The maximum absolute atomic E-state index is 14.6. The van der Waals surface area contributed by atoms with E-state index in [-0.39, 0.29) is 17.3 Å². The Labute approximate surface area is 243 Å². The van der Waals surface area contributed by atoms with Crippen molar-refractivity contribution in [2.45, 2.75) is 18.0 Å². The molecule has 39 heavy (non-hydrogen) atoms. The lowest BCUT2D eigenvalue weighted by Crippen LogP contribution is -2.48. The Kier molecular flexibility index (Phi) is 5.66. The van der Waals surface area contributed by atoms with Crippen LogP contribution in [0.2, 0.25) is 15.1 Å². The van der Waals surface area contributed by atoms with Gasteiger partial charge in [0.15, 0.2) is 17.3 Å². The van der Waals surface area contributed by atoms with Crippen LogP contribution < -0.4 is 4.90 Å². The standard InChI is InChI=1S/C31H18Cl3NO3S/c32-17-9-11-23-16(14-17)7-12-25-31(29(37)19-4-1-2-5-20(19)30(31)38)26(21-10-8-18(33)15-22(21)34)27(35(23)25)28(36)24-6-3-13-39-24/h1-15,25-27H/t25?,26-,27+/m0/s1. The summed E-state index contributed by atoms with van der Waals surface area (Å²) in [5.41, 5.74) is 1.16. The molecule has 0 amide bonds. The lowest BCUT2D eigenvalue weighted by atomic mass is 9.64. The van der Waals surface area contributed by atoms with Crippen LogP contribution in [0.1, 0.15) is 47.4 Å². The molecule has 0 bridgehead atoms. The fourth-order valence-corrected chi connectivity index (χ4v) is 8.01. The smallest absolute Gasteiger partial charge is 0.195 e. The highest BCUT2D eigenvalue weighted by molar-refractivity contribution is 7.12. The third-order valence-electron chi connectivity index (χ3n) is 8.10. The number of rotatable bonds is 3. The molecule has 1 aliphatic carbocycles. The molecule has 4 nitrogen and oxygen atoms in total. The van der Waals surface area contributed by atoms with Gasteiger partial charge < -0.3 is 4.90 Å². The first kappa shape index (κ1) is 24.8. The summed E-state index contributed by atoms with van der Waals surface area (Å²) in [5, 5.41) is 3.10. The van der Waals surface area contributed by atoms with Crippen LogP contribution in [0.15, 0.2) is 84.3 Å². The lowest BCUT2D eigenvalue weighted by Gasteiger charge is -2.37. The maximum Gasteiger partial charge on any atom is 0.195 e. The molecule has 2 aliphatic heterocycles. The van der Waals surface area contributed by atoms with Gasteiger partial charge in [-0.05, 0) is 52.9 Å². The monoisotopic (exact) mass is 589 g/mol. The van der Waals surface area contributed by atoms with Crippen molar-refractivity contribution in [3.8, 4) is 0 Å². The van der Waals surface area contributed by atoms with E-state index in [9.17, 15) is 14.4 Å². The van der Waals surface area contributed by atoms with Crippen molar-refractivity contribution in [2.75, 3.05) is 4.90 Å². The first-order chi connectivity index (χ1) is 18.8. The van der Waals surface area contributed by atoms with E-state index in [1.54, 1.807) is 54.6 Å². The summed E-state index contributed by atoms with van der Waals surface area (Å²) in [5.74, 6) is -1.69. The Morgan fingerprint density at radius 2 is 1.54 bits per heavy atom. The second kappa shape index (κ2) is 8.90. The molecule has 4 aromatic rings. The third kappa shape index (κ3) is 3.34. The SMILES string of the molecule is O=C(c1cccs1)[C@H]1[C@H](c2ccc(Cl)cc2Cl)C2(C(=O)c3ccccc3C2=O)C2C=Cc3cc(Cl)ccc3N21. The van der Waals surface area contributed by atoms with E-state index in [0.717, 1.165) is 11.3 Å². The Hall–Kier alpha value is -3.22. The van der Waals surface area contributed by atoms with Crippen molar-refractivity contribution < 1.29 is 14.4 Å². The summed E-state index contributed by atoms with van der Waals surface area (Å²) in [7, 11) is 0. The molecule has 0 saturated carbocycles. The average molecular weight is 591 g/mol. The van der Waals surface area contributed by atoms with Crippen molar-refractivity contribution in [1.82, 2.24) is 0 Å². The molecule has 1 aromatic heterocycles. The molecular weight excluding hydrogens is 573 g/mol. The molecule has 7 rings (SSSR count). The van der Waals surface area contributed by atoms with E-state index < -0.39 is 23.4 Å². The van der Waals surface area contributed by atoms with E-state index in [0.29, 0.717) is 36.6 Å². The zero-order valence-electron chi connectivity index (χ0n) is 20.1. The summed E-state index contributed by atoms with van der Waals surface area (Å²) >= 11 is 20.8. The normalized spacial score (nSPS) is 22.2. The van der Waals surface area contributed by atoms with Crippen LogP contribution in [-0.4, -0.2) is 29.4 Å². The molecule has 3 atom stereocenters. The van der Waals surface area contributed by atoms with Gasteiger partial charge in [-0.3, -0.25) is 14.4 Å². The second-order valence-corrected chi connectivity index (χ2v) is 12.1. The predicted molar refractivity (Wildman–Crippen MR) is 156 cm³/mol. The summed E-state index contributed by atoms with van der Waals surface area (Å²) in [6.07, 6.45) is 3.74. The van der Waals surface area contributed by atoms with Crippen molar-refractivity contribution >= 4 is 75.3 Å². The summed E-state index contributed by atoms with van der Waals surface area (Å²) in [4.78, 5) is 46.1. The van der Waals surface area contributed by atoms with Crippen LogP contribution in [0.5, 0.6) is 0 Å². The quantitative estimate of drug-likeness (QED) is 0.179. The molecule has 1 spiro atoms.